The smallest absolute Gasteiger partial charge is 0.243 e. The third kappa shape index (κ3) is 2.12. The first kappa shape index (κ1) is 12.5. The molecule has 0 radical (unpaired) electrons. The molecule has 1 saturated carbocycles. The maximum Gasteiger partial charge on any atom is 0.243 e. The molecule has 0 spiro atoms. The molecule has 0 bridgehead atoms. The van der Waals surface area contributed by atoms with Gasteiger partial charge in [-0.05, 0) is 33.6 Å². The number of aromatic nitrogens is 2. The van der Waals surface area contributed by atoms with Crippen molar-refractivity contribution in [3.8, 4) is 0 Å². The van der Waals surface area contributed by atoms with Gasteiger partial charge >= 0.3 is 0 Å². The van der Waals surface area contributed by atoms with E-state index in [-0.39, 0.29) is 12.1 Å². The zero-order chi connectivity index (χ0) is 13.6. The fourth-order valence-corrected chi connectivity index (χ4v) is 2.59. The molecule has 1 unspecified atom stereocenters. The summed E-state index contributed by atoms with van der Waals surface area (Å²) in [6.07, 6.45) is 6.01. The lowest BCUT2D eigenvalue weighted by Crippen LogP contribution is -2.40. The highest BCUT2D eigenvalue weighted by Gasteiger charge is 2.44. The van der Waals surface area contributed by atoms with Crippen molar-refractivity contribution in [2.75, 3.05) is 6.54 Å². The molecule has 19 heavy (non-hydrogen) atoms. The van der Waals surface area contributed by atoms with Crippen LogP contribution in [0.3, 0.4) is 0 Å². The molecule has 1 aliphatic carbocycles. The van der Waals surface area contributed by atoms with Gasteiger partial charge in [-0.15, -0.1) is 0 Å². The van der Waals surface area contributed by atoms with Crippen molar-refractivity contribution in [2.24, 2.45) is 0 Å². The second-order valence-corrected chi connectivity index (χ2v) is 5.91. The third-order valence-electron chi connectivity index (χ3n) is 3.90. The van der Waals surface area contributed by atoms with Gasteiger partial charge in [-0.2, -0.15) is 0 Å². The van der Waals surface area contributed by atoms with E-state index in [9.17, 15) is 4.79 Å². The van der Waals surface area contributed by atoms with Crippen LogP contribution in [0.25, 0.3) is 0 Å². The van der Waals surface area contributed by atoms with Gasteiger partial charge in [0.15, 0.2) is 0 Å². The van der Waals surface area contributed by atoms with Gasteiger partial charge in [-0.1, -0.05) is 0 Å². The number of rotatable bonds is 3. The van der Waals surface area contributed by atoms with E-state index in [4.69, 9.17) is 0 Å². The third-order valence-corrected chi connectivity index (χ3v) is 3.90. The molecule has 0 aromatic carbocycles. The summed E-state index contributed by atoms with van der Waals surface area (Å²) in [5.41, 5.74) is 0.445. The Kier molecular flexibility index (Phi) is 2.82. The van der Waals surface area contributed by atoms with Crippen LogP contribution in [0.5, 0.6) is 0 Å². The minimum Gasteiger partial charge on any atom is -0.321 e. The Morgan fingerprint density at radius 1 is 1.37 bits per heavy atom. The number of carbonyl (C=O) groups excluding carboxylic acids is 1. The Hall–Kier alpha value is -1.49. The molecule has 1 amide bonds. The molecule has 2 aliphatic rings. The predicted octanol–water partition coefficient (Wildman–Crippen LogP) is 1.58. The summed E-state index contributed by atoms with van der Waals surface area (Å²) in [6.45, 7) is 6.51. The minimum atomic E-state index is -0.518. The average Bonchev–Trinajstić information content (AvgIpc) is 3.19. The van der Waals surface area contributed by atoms with Gasteiger partial charge in [0.25, 0.3) is 0 Å². The van der Waals surface area contributed by atoms with Crippen LogP contribution in [-0.4, -0.2) is 32.9 Å². The van der Waals surface area contributed by atoms with Gasteiger partial charge in [0, 0.05) is 30.4 Å². The Morgan fingerprint density at radius 3 is 2.53 bits per heavy atom. The monoisotopic (exact) mass is 260 g/mol. The van der Waals surface area contributed by atoms with Crippen molar-refractivity contribution in [3.05, 3.63) is 23.8 Å². The van der Waals surface area contributed by atoms with E-state index < -0.39 is 5.54 Å². The maximum atomic E-state index is 12.2. The first-order valence-electron chi connectivity index (χ1n) is 6.93. The molecular weight excluding hydrogens is 240 g/mol. The second-order valence-electron chi connectivity index (χ2n) is 5.91. The summed E-state index contributed by atoms with van der Waals surface area (Å²) < 4.78 is 0. The second kappa shape index (κ2) is 4.27. The van der Waals surface area contributed by atoms with E-state index in [1.54, 1.807) is 0 Å². The van der Waals surface area contributed by atoms with Crippen LogP contribution < -0.4 is 5.32 Å². The van der Waals surface area contributed by atoms with Crippen molar-refractivity contribution < 1.29 is 4.79 Å². The zero-order valence-corrected chi connectivity index (χ0v) is 11.7. The van der Waals surface area contributed by atoms with E-state index in [2.05, 4.69) is 15.3 Å². The lowest BCUT2D eigenvalue weighted by molar-refractivity contribution is -0.132. The standard InChI is InChI=1S/C14H20N4O/c1-4-18-12(17-14(2,3)13(18)19)10-7-15-11(16-8-10)9-5-6-9/h7-9,12,17H,4-6H2,1-3H3. The average molecular weight is 260 g/mol. The zero-order valence-electron chi connectivity index (χ0n) is 11.7. The largest absolute Gasteiger partial charge is 0.321 e. The molecule has 1 aromatic rings. The molecule has 1 aromatic heterocycles. The topological polar surface area (TPSA) is 58.1 Å². The van der Waals surface area contributed by atoms with Crippen molar-refractivity contribution in [1.82, 2.24) is 20.2 Å². The van der Waals surface area contributed by atoms with Crippen LogP contribution in [0, 0.1) is 0 Å². The highest BCUT2D eigenvalue weighted by atomic mass is 16.2. The van der Waals surface area contributed by atoms with E-state index in [1.165, 1.54) is 12.8 Å². The molecule has 5 heteroatoms. The fourth-order valence-electron chi connectivity index (χ4n) is 2.59. The molecule has 3 rings (SSSR count). The van der Waals surface area contributed by atoms with Crippen LogP contribution in [0.2, 0.25) is 0 Å². The first-order valence-corrected chi connectivity index (χ1v) is 6.93. The van der Waals surface area contributed by atoms with E-state index in [0.717, 1.165) is 11.4 Å². The molecule has 2 fully saturated rings. The van der Waals surface area contributed by atoms with Crippen LogP contribution in [0.4, 0.5) is 0 Å². The van der Waals surface area contributed by atoms with E-state index in [1.807, 2.05) is 38.1 Å². The highest BCUT2D eigenvalue weighted by Crippen LogP contribution is 2.38. The number of hydrogen-bond acceptors (Lipinski definition) is 4. The van der Waals surface area contributed by atoms with Gasteiger partial charge in [0.1, 0.15) is 12.0 Å². The number of nitrogens with one attached hydrogen (secondary N) is 1. The van der Waals surface area contributed by atoms with E-state index in [0.29, 0.717) is 12.5 Å². The first-order chi connectivity index (χ1) is 9.03. The van der Waals surface area contributed by atoms with Gasteiger partial charge in [-0.3, -0.25) is 10.1 Å². The Balaban J connectivity index is 1.86. The normalized spacial score (nSPS) is 25.9. The SMILES string of the molecule is CCN1C(=O)C(C)(C)NC1c1cnc(C2CC2)nc1. The van der Waals surface area contributed by atoms with Gasteiger partial charge in [-0.25, -0.2) is 9.97 Å². The summed E-state index contributed by atoms with van der Waals surface area (Å²) >= 11 is 0. The summed E-state index contributed by atoms with van der Waals surface area (Å²) in [5, 5.41) is 3.36. The molecule has 1 atom stereocenters. The molecule has 1 N–H and O–H groups in total. The van der Waals surface area contributed by atoms with Crippen LogP contribution in [-0.2, 0) is 4.79 Å². The summed E-state index contributed by atoms with van der Waals surface area (Å²) in [5.74, 6) is 1.63. The molecular formula is C14H20N4O. The number of likely N-dealkylation sites (N-methyl/N-ethyl adjacent to an activating group) is 1. The van der Waals surface area contributed by atoms with Gasteiger partial charge in [0.2, 0.25) is 5.91 Å². The molecule has 1 saturated heterocycles. The van der Waals surface area contributed by atoms with Crippen LogP contribution in [0.15, 0.2) is 12.4 Å². The van der Waals surface area contributed by atoms with Crippen molar-refractivity contribution in [3.63, 3.8) is 0 Å². The highest BCUT2D eigenvalue weighted by molar-refractivity contribution is 5.88. The number of hydrogen-bond donors (Lipinski definition) is 1. The summed E-state index contributed by atoms with van der Waals surface area (Å²) in [7, 11) is 0. The molecule has 102 valence electrons. The molecule has 2 heterocycles. The Labute approximate surface area is 113 Å². The van der Waals surface area contributed by atoms with Gasteiger partial charge in [0.05, 0.1) is 5.54 Å². The van der Waals surface area contributed by atoms with Crippen molar-refractivity contribution >= 4 is 5.91 Å². The number of nitrogens with zero attached hydrogens (tertiary/aromatic N) is 3. The van der Waals surface area contributed by atoms with Crippen molar-refractivity contribution in [1.29, 1.82) is 0 Å². The lowest BCUT2D eigenvalue weighted by Gasteiger charge is -2.22. The Bertz CT molecular complexity index is 493. The fraction of sp³-hybridized carbons (Fsp3) is 0.643. The van der Waals surface area contributed by atoms with Crippen LogP contribution in [0.1, 0.15) is 57.1 Å². The molecule has 1 aliphatic heterocycles. The lowest BCUT2D eigenvalue weighted by atomic mass is 10.1. The number of amides is 1. The number of carbonyl (C=O) groups is 1. The summed E-state index contributed by atoms with van der Waals surface area (Å²) in [4.78, 5) is 23.0. The Morgan fingerprint density at radius 2 is 2.00 bits per heavy atom. The van der Waals surface area contributed by atoms with Gasteiger partial charge < -0.3 is 4.90 Å². The van der Waals surface area contributed by atoms with Crippen molar-refractivity contribution in [2.45, 2.75) is 51.2 Å². The van der Waals surface area contributed by atoms with E-state index >= 15 is 0 Å². The minimum absolute atomic E-state index is 0.110. The molecule has 5 nitrogen and oxygen atoms in total. The summed E-state index contributed by atoms with van der Waals surface area (Å²) in [6, 6.07) is 0. The van der Waals surface area contributed by atoms with Crippen LogP contribution >= 0.6 is 0 Å². The quantitative estimate of drug-likeness (QED) is 0.896. The predicted molar refractivity (Wildman–Crippen MR) is 71.3 cm³/mol. The maximum absolute atomic E-state index is 12.2.